The Hall–Kier alpha value is -0.340. The van der Waals surface area contributed by atoms with E-state index in [0.717, 1.165) is 25.7 Å². The van der Waals surface area contributed by atoms with Crippen molar-refractivity contribution in [3.05, 3.63) is 12.7 Å². The van der Waals surface area contributed by atoms with Gasteiger partial charge < -0.3 is 10.6 Å². The van der Waals surface area contributed by atoms with Crippen LogP contribution in [0, 0.1) is 0 Å². The van der Waals surface area contributed by atoms with Gasteiger partial charge >= 0.3 is 0 Å². The van der Waals surface area contributed by atoms with Crippen LogP contribution in [-0.4, -0.2) is 25.7 Å². The maximum absolute atomic E-state index is 3.65. The smallest absolute Gasteiger partial charge is 0.0132 e. The minimum atomic E-state index is 0.801. The molecular weight excluding hydrogens is 148 g/mol. The molecule has 0 aromatic rings. The molecule has 0 heterocycles. The van der Waals surface area contributed by atoms with Crippen molar-refractivity contribution in [2.24, 2.45) is 0 Å². The predicted octanol–water partition coefficient (Wildman–Crippen LogP) is 1.29. The molecule has 0 aromatic carbocycles. The normalized spacial score (nSPS) is 18.3. The molecule has 0 radical (unpaired) electrons. The molecule has 1 fully saturated rings. The van der Waals surface area contributed by atoms with Crippen LogP contribution in [0.5, 0.6) is 0 Å². The molecule has 2 nitrogen and oxygen atoms in total. The van der Waals surface area contributed by atoms with Crippen LogP contribution < -0.4 is 10.6 Å². The quantitative estimate of drug-likeness (QED) is 0.461. The van der Waals surface area contributed by atoms with Crippen molar-refractivity contribution < 1.29 is 0 Å². The van der Waals surface area contributed by atoms with E-state index in [1.54, 1.807) is 0 Å². The molecule has 1 aliphatic carbocycles. The van der Waals surface area contributed by atoms with Crippen LogP contribution in [0.15, 0.2) is 12.7 Å². The van der Waals surface area contributed by atoms with Crippen molar-refractivity contribution in [3.63, 3.8) is 0 Å². The van der Waals surface area contributed by atoms with Crippen LogP contribution in [0.25, 0.3) is 0 Å². The molecule has 0 spiro atoms. The zero-order valence-corrected chi connectivity index (χ0v) is 7.81. The van der Waals surface area contributed by atoms with E-state index in [9.17, 15) is 0 Å². The topological polar surface area (TPSA) is 24.1 Å². The molecule has 0 atom stereocenters. The predicted molar refractivity (Wildman–Crippen MR) is 53.3 cm³/mol. The van der Waals surface area contributed by atoms with Crippen molar-refractivity contribution in [2.45, 2.75) is 31.7 Å². The summed E-state index contributed by atoms with van der Waals surface area (Å²) in [6.45, 7) is 6.73. The first kappa shape index (κ1) is 9.75. The van der Waals surface area contributed by atoms with Gasteiger partial charge in [-0.25, -0.2) is 0 Å². The van der Waals surface area contributed by atoms with Gasteiger partial charge in [-0.15, -0.1) is 6.58 Å². The van der Waals surface area contributed by atoms with Crippen LogP contribution in [0.4, 0.5) is 0 Å². The fraction of sp³-hybridized carbons (Fsp3) is 0.800. The minimum Gasteiger partial charge on any atom is -0.313 e. The third-order valence-corrected chi connectivity index (χ3v) is 2.38. The molecule has 0 aliphatic heterocycles. The summed E-state index contributed by atoms with van der Waals surface area (Å²) in [5.41, 5.74) is 0. The third-order valence-electron chi connectivity index (χ3n) is 2.38. The number of hydrogen-bond acceptors (Lipinski definition) is 2. The summed E-state index contributed by atoms with van der Waals surface area (Å²) in [5, 5.41) is 6.82. The van der Waals surface area contributed by atoms with Crippen LogP contribution >= 0.6 is 0 Å². The second-order valence-corrected chi connectivity index (χ2v) is 3.43. The molecule has 2 N–H and O–H groups in total. The molecule has 1 rings (SSSR count). The number of hydrogen-bond donors (Lipinski definition) is 2. The summed E-state index contributed by atoms with van der Waals surface area (Å²) >= 11 is 0. The maximum Gasteiger partial charge on any atom is 0.0132 e. The molecule has 2 heteroatoms. The molecule has 0 aromatic heterocycles. The Labute approximate surface area is 75.4 Å². The zero-order valence-electron chi connectivity index (χ0n) is 7.81. The summed E-state index contributed by atoms with van der Waals surface area (Å²) in [4.78, 5) is 0. The largest absolute Gasteiger partial charge is 0.313 e. The Balaban J connectivity index is 1.84. The molecule has 0 saturated heterocycles. The van der Waals surface area contributed by atoms with E-state index in [-0.39, 0.29) is 0 Å². The Morgan fingerprint density at radius 3 is 2.67 bits per heavy atom. The van der Waals surface area contributed by atoms with Gasteiger partial charge in [-0.1, -0.05) is 18.9 Å². The molecule has 0 amide bonds. The maximum atomic E-state index is 3.65. The van der Waals surface area contributed by atoms with Gasteiger partial charge in [-0.2, -0.15) is 0 Å². The molecule has 70 valence electrons. The van der Waals surface area contributed by atoms with E-state index in [1.165, 1.54) is 25.7 Å². The molecule has 0 unspecified atom stereocenters. The lowest BCUT2D eigenvalue weighted by atomic mass is 10.2. The molecular formula is C10H20N2. The lowest BCUT2D eigenvalue weighted by Gasteiger charge is -2.11. The van der Waals surface area contributed by atoms with E-state index >= 15 is 0 Å². The third kappa shape index (κ3) is 3.88. The molecule has 0 bridgehead atoms. The minimum absolute atomic E-state index is 0.801. The van der Waals surface area contributed by atoms with Crippen LogP contribution in [0.3, 0.4) is 0 Å². The van der Waals surface area contributed by atoms with Gasteiger partial charge in [-0.3, -0.25) is 0 Å². The Morgan fingerprint density at radius 1 is 1.25 bits per heavy atom. The highest BCUT2D eigenvalue weighted by Gasteiger charge is 2.12. The monoisotopic (exact) mass is 168 g/mol. The first-order chi connectivity index (χ1) is 5.93. The van der Waals surface area contributed by atoms with Crippen molar-refractivity contribution in [1.29, 1.82) is 0 Å². The van der Waals surface area contributed by atoms with Crippen LogP contribution in [0.2, 0.25) is 0 Å². The summed E-state index contributed by atoms with van der Waals surface area (Å²) in [5.74, 6) is 0. The van der Waals surface area contributed by atoms with E-state index in [0.29, 0.717) is 0 Å². The highest BCUT2D eigenvalue weighted by atomic mass is 15.0. The van der Waals surface area contributed by atoms with E-state index in [2.05, 4.69) is 17.2 Å². The summed E-state index contributed by atoms with van der Waals surface area (Å²) < 4.78 is 0. The van der Waals surface area contributed by atoms with Crippen LogP contribution in [-0.2, 0) is 0 Å². The molecule has 1 aliphatic rings. The second kappa shape index (κ2) is 6.21. The lowest BCUT2D eigenvalue weighted by molar-refractivity contribution is 0.515. The van der Waals surface area contributed by atoms with Gasteiger partial charge in [0.05, 0.1) is 0 Å². The fourth-order valence-corrected chi connectivity index (χ4v) is 1.70. The average molecular weight is 168 g/mol. The zero-order chi connectivity index (χ0) is 8.65. The Kier molecular flexibility index (Phi) is 5.04. The van der Waals surface area contributed by atoms with Crippen molar-refractivity contribution in [3.8, 4) is 0 Å². The summed E-state index contributed by atoms with van der Waals surface area (Å²) in [7, 11) is 0. The van der Waals surface area contributed by atoms with Gasteiger partial charge in [0.1, 0.15) is 0 Å². The van der Waals surface area contributed by atoms with E-state index < -0.39 is 0 Å². The van der Waals surface area contributed by atoms with Gasteiger partial charge in [-0.05, 0) is 12.8 Å². The van der Waals surface area contributed by atoms with Crippen molar-refractivity contribution >= 4 is 0 Å². The average Bonchev–Trinajstić information content (AvgIpc) is 2.57. The summed E-state index contributed by atoms with van der Waals surface area (Å²) in [6, 6.07) is 0.801. The highest BCUT2D eigenvalue weighted by molar-refractivity contribution is 4.74. The molecule has 1 saturated carbocycles. The highest BCUT2D eigenvalue weighted by Crippen LogP contribution is 2.16. The van der Waals surface area contributed by atoms with E-state index in [4.69, 9.17) is 0 Å². The van der Waals surface area contributed by atoms with Crippen molar-refractivity contribution in [2.75, 3.05) is 19.6 Å². The lowest BCUT2D eigenvalue weighted by Crippen LogP contribution is -2.33. The first-order valence-electron chi connectivity index (χ1n) is 4.98. The van der Waals surface area contributed by atoms with Gasteiger partial charge in [0.15, 0.2) is 0 Å². The first-order valence-corrected chi connectivity index (χ1v) is 4.98. The standard InChI is InChI=1S/C10H20N2/c1-2-7-11-8-9-12-10-5-3-4-6-10/h2,10-12H,1,3-9H2. The van der Waals surface area contributed by atoms with Gasteiger partial charge in [0.25, 0.3) is 0 Å². The Morgan fingerprint density at radius 2 is 2.00 bits per heavy atom. The van der Waals surface area contributed by atoms with Gasteiger partial charge in [0, 0.05) is 25.7 Å². The van der Waals surface area contributed by atoms with Gasteiger partial charge in [0.2, 0.25) is 0 Å². The number of nitrogens with one attached hydrogen (secondary N) is 2. The Bertz CT molecular complexity index is 117. The molecule has 12 heavy (non-hydrogen) atoms. The van der Waals surface area contributed by atoms with Crippen LogP contribution in [0.1, 0.15) is 25.7 Å². The van der Waals surface area contributed by atoms with Crippen molar-refractivity contribution in [1.82, 2.24) is 10.6 Å². The summed E-state index contributed by atoms with van der Waals surface area (Å²) in [6.07, 6.45) is 7.48. The second-order valence-electron chi connectivity index (χ2n) is 3.43. The SMILES string of the molecule is C=CCNCCNC1CCCC1. The van der Waals surface area contributed by atoms with E-state index in [1.807, 2.05) is 6.08 Å². The fourth-order valence-electron chi connectivity index (χ4n) is 1.70. The number of rotatable bonds is 6.